The van der Waals surface area contributed by atoms with Crippen LogP contribution in [0.5, 0.6) is 0 Å². The normalized spacial score (nSPS) is 10.7. The van der Waals surface area contributed by atoms with E-state index in [-0.39, 0.29) is 28.2 Å². The van der Waals surface area contributed by atoms with E-state index in [4.69, 9.17) is 17.3 Å². The molecule has 0 unspecified atom stereocenters. The molecule has 31 heavy (non-hydrogen) atoms. The number of fused-ring (bicyclic) bond motifs is 1. The third kappa shape index (κ3) is 3.60. The second-order valence-corrected chi connectivity index (χ2v) is 7.07. The van der Waals surface area contributed by atoms with E-state index < -0.39 is 16.6 Å². The monoisotopic (exact) mass is 434 g/mol. The second kappa shape index (κ2) is 7.92. The summed E-state index contributed by atoms with van der Waals surface area (Å²) in [5.41, 5.74) is 7.07. The quantitative estimate of drug-likeness (QED) is 0.271. The van der Waals surface area contributed by atoms with E-state index in [0.717, 1.165) is 0 Å². The fourth-order valence-electron chi connectivity index (χ4n) is 3.34. The average molecular weight is 435 g/mol. The van der Waals surface area contributed by atoms with Crippen LogP contribution in [0.3, 0.4) is 0 Å². The molecule has 0 saturated carbocycles. The number of halogens is 1. The van der Waals surface area contributed by atoms with Crippen molar-refractivity contribution in [2.75, 3.05) is 11.1 Å². The summed E-state index contributed by atoms with van der Waals surface area (Å²) < 4.78 is 1.50. The second-order valence-electron chi connectivity index (χ2n) is 6.66. The molecule has 0 atom stereocenters. The number of nitro groups is 1. The highest BCUT2D eigenvalue weighted by molar-refractivity contribution is 6.34. The van der Waals surface area contributed by atoms with Crippen LogP contribution in [0.15, 0.2) is 72.9 Å². The van der Waals surface area contributed by atoms with Crippen LogP contribution in [0.1, 0.15) is 26.4 Å². The van der Waals surface area contributed by atoms with Crippen LogP contribution >= 0.6 is 11.6 Å². The Bertz CT molecular complexity index is 1360. The first kappa shape index (κ1) is 20.1. The minimum atomic E-state index is -0.584. The van der Waals surface area contributed by atoms with Crippen molar-refractivity contribution in [1.82, 2.24) is 4.40 Å². The summed E-state index contributed by atoms with van der Waals surface area (Å²) in [7, 11) is 0. The summed E-state index contributed by atoms with van der Waals surface area (Å²) in [5, 5.41) is 14.2. The average Bonchev–Trinajstić information content (AvgIpc) is 3.06. The molecule has 8 nitrogen and oxygen atoms in total. The van der Waals surface area contributed by atoms with Gasteiger partial charge in [-0.05, 0) is 24.3 Å². The van der Waals surface area contributed by atoms with E-state index >= 15 is 0 Å². The Morgan fingerprint density at radius 1 is 1.03 bits per heavy atom. The van der Waals surface area contributed by atoms with Crippen LogP contribution in [0.4, 0.5) is 17.1 Å². The number of nitrogens with two attached hydrogens (primary N) is 1. The standard InChI is InChI=1S/C22H15ClN4O4/c23-15-8-1-2-9-16(15)25-22(29)18-17-10-3-4-11-26(17)20(19(18)24)21(28)13-6-5-7-14(12-13)27(30)31/h1-12H,24H2,(H,25,29). The molecule has 0 radical (unpaired) electrons. The lowest BCUT2D eigenvalue weighted by Gasteiger charge is -2.07. The van der Waals surface area contributed by atoms with E-state index in [0.29, 0.717) is 16.2 Å². The van der Waals surface area contributed by atoms with Gasteiger partial charge in [-0.25, -0.2) is 0 Å². The Kier molecular flexibility index (Phi) is 5.14. The van der Waals surface area contributed by atoms with E-state index in [1.54, 1.807) is 48.7 Å². The van der Waals surface area contributed by atoms with Gasteiger partial charge in [0.2, 0.25) is 5.78 Å². The van der Waals surface area contributed by atoms with Crippen LogP contribution < -0.4 is 11.1 Å². The van der Waals surface area contributed by atoms with Gasteiger partial charge in [-0.15, -0.1) is 0 Å². The molecule has 3 N–H and O–H groups in total. The molecule has 0 bridgehead atoms. The zero-order valence-electron chi connectivity index (χ0n) is 15.9. The third-order valence-electron chi connectivity index (χ3n) is 4.76. The molecule has 0 aliphatic heterocycles. The van der Waals surface area contributed by atoms with Gasteiger partial charge >= 0.3 is 0 Å². The zero-order valence-corrected chi connectivity index (χ0v) is 16.7. The highest BCUT2D eigenvalue weighted by Gasteiger charge is 2.27. The molecule has 0 aliphatic carbocycles. The maximum atomic E-state index is 13.2. The summed E-state index contributed by atoms with van der Waals surface area (Å²) in [6.45, 7) is 0. The molecular weight excluding hydrogens is 420 g/mol. The molecular formula is C22H15ClN4O4. The summed E-state index contributed by atoms with van der Waals surface area (Å²) in [4.78, 5) is 36.8. The number of non-ortho nitro benzene ring substituents is 1. The largest absolute Gasteiger partial charge is 0.396 e. The van der Waals surface area contributed by atoms with Crippen molar-refractivity contribution in [3.63, 3.8) is 0 Å². The van der Waals surface area contributed by atoms with Gasteiger partial charge in [-0.3, -0.25) is 19.7 Å². The van der Waals surface area contributed by atoms with Crippen molar-refractivity contribution in [3.8, 4) is 0 Å². The predicted molar refractivity (Wildman–Crippen MR) is 118 cm³/mol. The number of nitrogens with one attached hydrogen (secondary N) is 1. The van der Waals surface area contributed by atoms with Crippen molar-refractivity contribution in [3.05, 3.63) is 105 Å². The molecule has 9 heteroatoms. The maximum Gasteiger partial charge on any atom is 0.270 e. The highest BCUT2D eigenvalue weighted by Crippen LogP contribution is 2.30. The number of nitrogens with zero attached hydrogens (tertiary/aromatic N) is 2. The van der Waals surface area contributed by atoms with Gasteiger partial charge < -0.3 is 15.5 Å². The van der Waals surface area contributed by atoms with E-state index in [2.05, 4.69) is 5.32 Å². The van der Waals surface area contributed by atoms with E-state index in [1.165, 1.54) is 28.7 Å². The first-order valence-electron chi connectivity index (χ1n) is 9.12. The van der Waals surface area contributed by atoms with Gasteiger partial charge in [0.15, 0.2) is 0 Å². The molecule has 154 valence electrons. The molecule has 2 aromatic heterocycles. The van der Waals surface area contributed by atoms with Crippen LogP contribution in [-0.4, -0.2) is 21.0 Å². The number of nitrogen functional groups attached to an aromatic ring is 1. The fourth-order valence-corrected chi connectivity index (χ4v) is 3.53. The lowest BCUT2D eigenvalue weighted by molar-refractivity contribution is -0.384. The van der Waals surface area contributed by atoms with Crippen molar-refractivity contribution in [2.45, 2.75) is 0 Å². The Morgan fingerprint density at radius 3 is 2.52 bits per heavy atom. The smallest absolute Gasteiger partial charge is 0.270 e. The Morgan fingerprint density at radius 2 is 1.77 bits per heavy atom. The number of benzene rings is 2. The first-order valence-corrected chi connectivity index (χ1v) is 9.50. The van der Waals surface area contributed by atoms with Gasteiger partial charge in [0, 0.05) is 23.9 Å². The number of rotatable bonds is 5. The van der Waals surface area contributed by atoms with Crippen LogP contribution in [0, 0.1) is 10.1 Å². The number of aromatic nitrogens is 1. The number of carbonyl (C=O) groups is 2. The van der Waals surface area contributed by atoms with E-state index in [9.17, 15) is 19.7 Å². The summed E-state index contributed by atoms with van der Waals surface area (Å²) >= 11 is 6.13. The van der Waals surface area contributed by atoms with Crippen molar-refractivity contribution in [1.29, 1.82) is 0 Å². The third-order valence-corrected chi connectivity index (χ3v) is 5.09. The number of hydrogen-bond acceptors (Lipinski definition) is 5. The Balaban J connectivity index is 1.83. The lowest BCUT2D eigenvalue weighted by Crippen LogP contribution is -2.14. The van der Waals surface area contributed by atoms with Crippen molar-refractivity contribution < 1.29 is 14.5 Å². The molecule has 2 aromatic carbocycles. The first-order chi connectivity index (χ1) is 14.9. The van der Waals surface area contributed by atoms with Gasteiger partial charge in [0.05, 0.1) is 32.4 Å². The Labute approximate surface area is 181 Å². The van der Waals surface area contributed by atoms with Crippen molar-refractivity contribution >= 4 is 45.9 Å². The van der Waals surface area contributed by atoms with Crippen LogP contribution in [0.25, 0.3) is 5.52 Å². The highest BCUT2D eigenvalue weighted by atomic mass is 35.5. The molecule has 0 spiro atoms. The number of hydrogen-bond donors (Lipinski definition) is 2. The number of pyridine rings is 1. The maximum absolute atomic E-state index is 13.2. The van der Waals surface area contributed by atoms with E-state index in [1.807, 2.05) is 0 Å². The predicted octanol–water partition coefficient (Wildman–Crippen LogP) is 4.57. The molecule has 0 fully saturated rings. The minimum Gasteiger partial charge on any atom is -0.396 e. The number of amides is 1. The molecule has 4 aromatic rings. The molecule has 1 amide bonds. The lowest BCUT2D eigenvalue weighted by atomic mass is 10.1. The van der Waals surface area contributed by atoms with Gasteiger partial charge in [0.25, 0.3) is 11.6 Å². The number of nitro benzene ring substituents is 1. The molecule has 2 heterocycles. The van der Waals surface area contributed by atoms with Gasteiger partial charge in [-0.2, -0.15) is 0 Å². The SMILES string of the molecule is Nc1c(C(=O)Nc2ccccc2Cl)c2ccccn2c1C(=O)c1cccc([N+](=O)[O-])c1. The molecule has 0 saturated heterocycles. The number of anilines is 2. The van der Waals surface area contributed by atoms with Crippen molar-refractivity contribution in [2.24, 2.45) is 0 Å². The van der Waals surface area contributed by atoms with Gasteiger partial charge in [-0.1, -0.05) is 41.9 Å². The molecule has 4 rings (SSSR count). The Hall–Kier alpha value is -4.17. The van der Waals surface area contributed by atoms with Crippen LogP contribution in [0.2, 0.25) is 5.02 Å². The summed E-state index contributed by atoms with van der Waals surface area (Å²) in [5.74, 6) is -1.08. The van der Waals surface area contributed by atoms with Gasteiger partial charge in [0.1, 0.15) is 5.69 Å². The number of ketones is 1. The number of carbonyl (C=O) groups excluding carboxylic acids is 2. The zero-order chi connectivity index (χ0) is 22.1. The summed E-state index contributed by atoms with van der Waals surface area (Å²) in [6.07, 6.45) is 1.60. The van der Waals surface area contributed by atoms with Crippen LogP contribution in [-0.2, 0) is 0 Å². The molecule has 0 aliphatic rings. The fraction of sp³-hybridized carbons (Fsp3) is 0. The minimum absolute atomic E-state index is 0.0349. The summed E-state index contributed by atoms with van der Waals surface area (Å²) in [6, 6.07) is 17.1. The topological polar surface area (TPSA) is 120 Å². The number of para-hydroxylation sites is 1.